The van der Waals surface area contributed by atoms with Gasteiger partial charge in [0.2, 0.25) is 10.7 Å². The fraction of sp³-hybridized carbons (Fsp3) is 0.356. The second-order valence-electron chi connectivity index (χ2n) is 30.9. The molecule has 0 saturated carbocycles. The molecule has 8 aromatic carbocycles. The van der Waals surface area contributed by atoms with E-state index in [1.165, 1.54) is 158 Å². The highest BCUT2D eigenvalue weighted by molar-refractivity contribution is 6.15. The maximum Gasteiger partial charge on any atom is 0.347 e. The molecule has 0 spiro atoms. The Morgan fingerprint density at radius 2 is 0.867 bits per heavy atom. The largest absolute Gasteiger partial charge is 0.545 e. The van der Waals surface area contributed by atoms with Crippen LogP contribution in [0.1, 0.15) is 207 Å². The summed E-state index contributed by atoms with van der Waals surface area (Å²) in [5.74, 6) is -1.56. The van der Waals surface area contributed by atoms with Crippen molar-refractivity contribution in [2.75, 3.05) is 80.1 Å². The molecule has 113 heavy (non-hydrogen) atoms. The first-order valence-corrected chi connectivity index (χ1v) is 39.7. The van der Waals surface area contributed by atoms with Crippen molar-refractivity contribution in [2.24, 2.45) is 0 Å². The molecule has 0 fully saturated rings. The second kappa shape index (κ2) is 30.5. The number of esters is 2. The number of hydrogen-bond donors (Lipinski definition) is 3. The third-order valence-corrected chi connectivity index (χ3v) is 24.3. The summed E-state index contributed by atoms with van der Waals surface area (Å²) in [6.45, 7) is 13.0. The number of benzene rings is 8. The molecule has 13 aliphatic heterocycles. The number of phenols is 1. The minimum absolute atomic E-state index is 0.0310. The van der Waals surface area contributed by atoms with E-state index >= 15 is 0 Å². The van der Waals surface area contributed by atoms with Gasteiger partial charge in [-0.2, -0.15) is 0 Å². The van der Waals surface area contributed by atoms with Gasteiger partial charge in [0.15, 0.2) is 0 Å². The average molecular weight is 1520 g/mol. The van der Waals surface area contributed by atoms with E-state index in [0.29, 0.717) is 29.1 Å². The summed E-state index contributed by atoms with van der Waals surface area (Å²) in [6, 6.07) is 25.9. The Morgan fingerprint density at radius 1 is 0.434 bits per heavy atom. The SMILES string of the molecule is CCC(=O)O.O=C([O-])c1ccc(C2=c3cc4c5c(c3Oc3c2cc2c6c3CCCN6CCC2)CCC[N+]=5CCC4)c(C(=O)O)c1.O=COc1ccc(C(=O)[O-])c(C2=c3cc4c5c(c3Oc3c2cc2c6c3CCCN6CCC2)CCC[N+]=5CCC4)c1.O=COc1ccc2c(c1)C(=O)OC2=O.Oc1ccc2c3c1CCCN3CCC2. The van der Waals surface area contributed by atoms with Crippen LogP contribution in [0.4, 0.5) is 17.1 Å². The van der Waals surface area contributed by atoms with E-state index in [1.807, 2.05) is 6.07 Å². The summed E-state index contributed by atoms with van der Waals surface area (Å²) in [4.78, 5) is 96.9. The fourth-order valence-electron chi connectivity index (χ4n) is 19.7. The third kappa shape index (κ3) is 13.3. The van der Waals surface area contributed by atoms with Crippen molar-refractivity contribution in [3.63, 3.8) is 0 Å². The predicted octanol–water partition coefficient (Wildman–Crippen LogP) is 7.31. The third-order valence-electron chi connectivity index (χ3n) is 24.3. The zero-order chi connectivity index (χ0) is 78.0. The number of anilines is 3. The molecule has 0 radical (unpaired) electrons. The fourth-order valence-corrected chi connectivity index (χ4v) is 19.7. The summed E-state index contributed by atoms with van der Waals surface area (Å²) < 4.78 is 33.1. The van der Waals surface area contributed by atoms with Gasteiger partial charge in [0.05, 0.1) is 39.8 Å². The van der Waals surface area contributed by atoms with Crippen LogP contribution in [-0.2, 0) is 83.3 Å². The van der Waals surface area contributed by atoms with E-state index in [1.54, 1.807) is 19.1 Å². The molecule has 8 aromatic rings. The Morgan fingerprint density at radius 3 is 1.36 bits per heavy atom. The molecule has 0 saturated heterocycles. The molecule has 578 valence electrons. The molecule has 0 aromatic heterocycles. The van der Waals surface area contributed by atoms with Gasteiger partial charge in [-0.3, -0.25) is 14.4 Å². The number of carbonyl (C=O) groups excluding carboxylic acids is 6. The normalized spacial score (nSPS) is 17.3. The van der Waals surface area contributed by atoms with E-state index in [4.69, 9.17) is 19.3 Å². The molecule has 13 aliphatic rings. The van der Waals surface area contributed by atoms with Crippen molar-refractivity contribution in [2.45, 2.75) is 142 Å². The minimum atomic E-state index is -1.39. The molecule has 0 aliphatic carbocycles. The number of aliphatic carboxylic acids is 1. The number of aromatic hydroxyl groups is 1. The number of aromatic carboxylic acids is 3. The molecule has 0 amide bonds. The van der Waals surface area contributed by atoms with E-state index in [0.717, 1.165) is 217 Å². The Bertz CT molecular complexity index is 5730. The van der Waals surface area contributed by atoms with Gasteiger partial charge in [-0.15, -0.1) is 0 Å². The number of rotatable bonds is 10. The van der Waals surface area contributed by atoms with E-state index < -0.39 is 35.8 Å². The van der Waals surface area contributed by atoms with Gasteiger partial charge < -0.3 is 73.5 Å². The Hall–Kier alpha value is -12.1. The van der Waals surface area contributed by atoms with Crippen molar-refractivity contribution in [3.05, 3.63) is 218 Å². The molecule has 23 nitrogen and oxygen atoms in total. The van der Waals surface area contributed by atoms with Gasteiger partial charge in [0, 0.05) is 155 Å². The van der Waals surface area contributed by atoms with Gasteiger partial charge in [-0.1, -0.05) is 25.1 Å². The number of cyclic esters (lactones) is 2. The highest BCUT2D eigenvalue weighted by Gasteiger charge is 2.40. The van der Waals surface area contributed by atoms with Gasteiger partial charge >= 0.3 is 23.9 Å². The van der Waals surface area contributed by atoms with Crippen LogP contribution in [0, 0.1) is 0 Å². The van der Waals surface area contributed by atoms with Crippen LogP contribution in [0.5, 0.6) is 40.2 Å². The topological polar surface area (TPSA) is 305 Å². The van der Waals surface area contributed by atoms with E-state index in [9.17, 15) is 58.8 Å². The zero-order valence-electron chi connectivity index (χ0n) is 62.9. The molecule has 0 atom stereocenters. The van der Waals surface area contributed by atoms with Crippen molar-refractivity contribution in [1.82, 2.24) is 9.15 Å². The number of carboxylic acid groups (broad SMARTS) is 4. The smallest absolute Gasteiger partial charge is 0.347 e. The van der Waals surface area contributed by atoms with Gasteiger partial charge in [-0.05, 0) is 209 Å². The Balaban J connectivity index is 0.000000117. The molecule has 3 N–H and O–H groups in total. The second-order valence-corrected chi connectivity index (χ2v) is 30.9. The van der Waals surface area contributed by atoms with Crippen molar-refractivity contribution in [3.8, 4) is 40.2 Å². The van der Waals surface area contributed by atoms with E-state index in [-0.39, 0.29) is 46.5 Å². The average Bonchev–Trinajstić information content (AvgIpc) is 1.18. The lowest BCUT2D eigenvalue weighted by Crippen LogP contribution is -2.45. The van der Waals surface area contributed by atoms with Crippen LogP contribution >= 0.6 is 0 Å². The van der Waals surface area contributed by atoms with Crippen LogP contribution in [0.3, 0.4) is 0 Å². The predicted molar refractivity (Wildman–Crippen MR) is 414 cm³/mol. The monoisotopic (exact) mass is 1520 g/mol. The van der Waals surface area contributed by atoms with Crippen LogP contribution in [0.15, 0.2) is 91.0 Å². The lowest BCUT2D eigenvalue weighted by Gasteiger charge is -2.39. The van der Waals surface area contributed by atoms with Crippen molar-refractivity contribution < 1.29 is 87.6 Å². The summed E-state index contributed by atoms with van der Waals surface area (Å²) in [5.41, 5.74) is 21.4. The number of fused-ring (bicyclic) bond motifs is 9. The van der Waals surface area contributed by atoms with Crippen molar-refractivity contribution >= 4 is 77.0 Å². The first kappa shape index (κ1) is 73.6. The highest BCUT2D eigenvalue weighted by atomic mass is 16.6. The lowest BCUT2D eigenvalue weighted by molar-refractivity contribution is -0.256. The Labute approximate surface area is 650 Å². The quantitative estimate of drug-likeness (QED) is 0.0523. The summed E-state index contributed by atoms with van der Waals surface area (Å²) in [5, 5.41) is 56.4. The van der Waals surface area contributed by atoms with Crippen LogP contribution in [0.2, 0.25) is 0 Å². The number of hydrogen-bond acceptors (Lipinski definition) is 19. The zero-order valence-corrected chi connectivity index (χ0v) is 62.9. The molecule has 0 unspecified atom stereocenters. The van der Waals surface area contributed by atoms with Crippen LogP contribution in [0.25, 0.3) is 11.1 Å². The maximum absolute atomic E-state index is 12.6. The first-order chi connectivity index (χ1) is 55.0. The molecular formula is C90H85N5O18. The summed E-state index contributed by atoms with van der Waals surface area (Å²) in [6.07, 6.45) is 21.1. The number of carbonyl (C=O) groups is 8. The first-order valence-electron chi connectivity index (χ1n) is 39.7. The van der Waals surface area contributed by atoms with Gasteiger partial charge in [0.25, 0.3) is 12.9 Å². The maximum atomic E-state index is 12.6. The number of carboxylic acids is 4. The number of aryl methyl sites for hydroxylation is 5. The Kier molecular flexibility index (Phi) is 19.9. The van der Waals surface area contributed by atoms with Gasteiger partial charge in [-0.25, -0.2) is 23.5 Å². The molecular weight excluding hydrogens is 1440 g/mol. The van der Waals surface area contributed by atoms with Gasteiger partial charge in [0.1, 0.15) is 66.4 Å². The van der Waals surface area contributed by atoms with Crippen molar-refractivity contribution in [1.29, 1.82) is 0 Å². The standard InChI is InChI=1S/2C33H30N2O5.C12H15NO.C9H4O5.C3H6O2/c36-18-39-21-9-10-22(33(37)38)25(17-21)28-26-15-19-5-1-11-34-13-3-7-23(29(19)34)31(26)40-32-24-8-4-14-35-12-2-6-20(30(24)35)16-27(28)32;36-32(37)20-9-10-21(24(17-20)33(38)39)27-25-15-18-5-1-11-34-13-3-7-22(28(18)34)30(25)40-31-23-8-4-14-35-12-2-6-19(29(23)35)16-26(27)31;14-11-6-5-9-3-1-7-13-8-2-4-10(11)12(9)13;10-4-13-5-1-2-6-7(3-5)9(12)14-8(6)11;1-2-3(4)5/h9-10,15-18H,1-8,11-14H2;9-10,15-17H,1-8,11-14H2,(H-,36,37,38,39);5-6,14H,1-4,7-8H2;1-4H;2H2,1H3,(H,4,5). The summed E-state index contributed by atoms with van der Waals surface area (Å²) in [7, 11) is 0. The molecule has 21 rings (SSSR count). The highest BCUT2D eigenvalue weighted by Crippen LogP contribution is 2.52. The van der Waals surface area contributed by atoms with Crippen LogP contribution in [-0.4, -0.2) is 130 Å². The number of nitrogens with zero attached hydrogens (tertiary/aromatic N) is 5. The lowest BCUT2D eigenvalue weighted by atomic mass is 9.81. The molecule has 13 heterocycles. The number of ether oxygens (including phenoxy) is 5. The molecule has 0 bridgehead atoms. The van der Waals surface area contributed by atoms with E-state index in [2.05, 4.69) is 63.7 Å². The van der Waals surface area contributed by atoms with Crippen LogP contribution < -0.4 is 74.2 Å². The molecule has 23 heteroatoms. The number of phenolic OH excluding ortho intramolecular Hbond substituents is 1. The summed E-state index contributed by atoms with van der Waals surface area (Å²) >= 11 is 0. The minimum Gasteiger partial charge on any atom is -0.545 e.